The first-order valence-electron chi connectivity index (χ1n) is 9.89. The van der Waals surface area contributed by atoms with Crippen molar-refractivity contribution in [1.82, 2.24) is 9.80 Å². The molecule has 2 amide bonds. The van der Waals surface area contributed by atoms with Gasteiger partial charge in [-0.25, -0.2) is 0 Å². The highest BCUT2D eigenvalue weighted by Gasteiger charge is 2.31. The molecule has 0 atom stereocenters. The molecule has 0 saturated carbocycles. The van der Waals surface area contributed by atoms with Crippen molar-refractivity contribution in [2.24, 2.45) is 5.92 Å². The second-order valence-electron chi connectivity index (χ2n) is 7.54. The molecule has 2 aliphatic heterocycles. The number of carbonyl (C=O) groups excluding carboxylic acids is 2. The van der Waals surface area contributed by atoms with Gasteiger partial charge in [-0.15, -0.1) is 0 Å². The fourth-order valence-electron chi connectivity index (χ4n) is 4.10. The van der Waals surface area contributed by atoms with E-state index in [4.69, 9.17) is 0 Å². The molecule has 5 nitrogen and oxygen atoms in total. The summed E-state index contributed by atoms with van der Waals surface area (Å²) in [5.74, 6) is 0.579. The van der Waals surface area contributed by atoms with Crippen LogP contribution in [0, 0.1) is 19.8 Å². The molecule has 0 aromatic heterocycles. The van der Waals surface area contributed by atoms with Gasteiger partial charge >= 0.3 is 0 Å². The predicted molar refractivity (Wildman–Crippen MR) is 104 cm³/mol. The van der Waals surface area contributed by atoms with E-state index in [2.05, 4.69) is 36.9 Å². The second-order valence-corrected chi connectivity index (χ2v) is 7.54. The first kappa shape index (κ1) is 18.7. The highest BCUT2D eigenvalue weighted by atomic mass is 16.2. The van der Waals surface area contributed by atoms with Crippen molar-refractivity contribution in [3.05, 3.63) is 29.3 Å². The predicted octanol–water partition coefficient (Wildman–Crippen LogP) is 2.60. The Morgan fingerprint density at radius 3 is 2.23 bits per heavy atom. The Kier molecular flexibility index (Phi) is 5.84. The van der Waals surface area contributed by atoms with E-state index in [1.54, 1.807) is 0 Å². The van der Waals surface area contributed by atoms with Gasteiger partial charge in [-0.2, -0.15) is 0 Å². The Labute approximate surface area is 156 Å². The molecule has 0 radical (unpaired) electrons. The van der Waals surface area contributed by atoms with Gasteiger partial charge in [-0.1, -0.05) is 19.1 Å². The first-order chi connectivity index (χ1) is 12.5. The van der Waals surface area contributed by atoms with Crippen LogP contribution >= 0.6 is 0 Å². The average molecular weight is 357 g/mol. The number of likely N-dealkylation sites (tertiary alicyclic amines) is 1. The quantitative estimate of drug-likeness (QED) is 0.835. The van der Waals surface area contributed by atoms with E-state index in [1.165, 1.54) is 16.8 Å². The van der Waals surface area contributed by atoms with Crippen molar-refractivity contribution >= 4 is 17.5 Å². The van der Waals surface area contributed by atoms with Crippen LogP contribution in [0.4, 0.5) is 5.69 Å². The van der Waals surface area contributed by atoms with Gasteiger partial charge in [-0.3, -0.25) is 9.59 Å². The molecule has 0 N–H and O–H groups in total. The molecule has 2 heterocycles. The van der Waals surface area contributed by atoms with Gasteiger partial charge in [0.2, 0.25) is 11.8 Å². The lowest BCUT2D eigenvalue weighted by molar-refractivity contribution is -0.140. The van der Waals surface area contributed by atoms with Crippen molar-refractivity contribution in [2.75, 3.05) is 44.2 Å². The maximum atomic E-state index is 12.9. The van der Waals surface area contributed by atoms with E-state index < -0.39 is 0 Å². The smallest absolute Gasteiger partial charge is 0.225 e. The molecule has 2 fully saturated rings. The van der Waals surface area contributed by atoms with Crippen molar-refractivity contribution in [3.8, 4) is 0 Å². The third kappa shape index (κ3) is 3.87. The van der Waals surface area contributed by atoms with Crippen LogP contribution in [0.5, 0.6) is 0 Å². The number of hydrogen-bond acceptors (Lipinski definition) is 3. The molecule has 2 aliphatic rings. The highest BCUT2D eigenvalue weighted by Crippen LogP contribution is 2.25. The van der Waals surface area contributed by atoms with Crippen molar-refractivity contribution in [1.29, 1.82) is 0 Å². The minimum absolute atomic E-state index is 0.0863. The molecule has 3 rings (SSSR count). The Morgan fingerprint density at radius 2 is 1.62 bits per heavy atom. The van der Waals surface area contributed by atoms with Crippen LogP contribution < -0.4 is 4.90 Å². The zero-order chi connectivity index (χ0) is 18.7. The molecule has 142 valence electrons. The molecule has 26 heavy (non-hydrogen) atoms. The van der Waals surface area contributed by atoms with Gasteiger partial charge < -0.3 is 14.7 Å². The van der Waals surface area contributed by atoms with Gasteiger partial charge in [0, 0.05) is 57.3 Å². The number of aryl methyl sites for hydroxylation is 1. The van der Waals surface area contributed by atoms with Gasteiger partial charge in [0.15, 0.2) is 0 Å². The summed E-state index contributed by atoms with van der Waals surface area (Å²) in [7, 11) is 0. The Balaban J connectivity index is 1.53. The standard InChI is InChI=1S/C21H31N3O2/c1-4-20(25)23-10-8-18(9-11-23)21(26)24-14-12-22(13-15-24)19-7-5-6-16(2)17(19)3/h5-7,18H,4,8-15H2,1-3H3. The molecule has 5 heteroatoms. The lowest BCUT2D eigenvalue weighted by Crippen LogP contribution is -2.52. The normalized spacial score (nSPS) is 19.0. The van der Waals surface area contributed by atoms with Gasteiger partial charge in [0.05, 0.1) is 0 Å². The van der Waals surface area contributed by atoms with Crippen LogP contribution in [-0.2, 0) is 9.59 Å². The highest BCUT2D eigenvalue weighted by molar-refractivity contribution is 5.80. The Bertz CT molecular complexity index is 657. The Morgan fingerprint density at radius 1 is 0.962 bits per heavy atom. The van der Waals surface area contributed by atoms with Gasteiger partial charge in [0.25, 0.3) is 0 Å². The molecule has 1 aromatic carbocycles. The molecule has 1 aromatic rings. The number of hydrogen-bond donors (Lipinski definition) is 0. The fraction of sp³-hybridized carbons (Fsp3) is 0.619. The molecular weight excluding hydrogens is 326 g/mol. The molecule has 0 spiro atoms. The summed E-state index contributed by atoms with van der Waals surface area (Å²) in [5.41, 5.74) is 3.94. The summed E-state index contributed by atoms with van der Waals surface area (Å²) in [6.07, 6.45) is 2.17. The van der Waals surface area contributed by atoms with E-state index in [-0.39, 0.29) is 17.7 Å². The number of piperidine rings is 1. The van der Waals surface area contributed by atoms with E-state index in [9.17, 15) is 9.59 Å². The maximum Gasteiger partial charge on any atom is 0.225 e. The van der Waals surface area contributed by atoms with E-state index in [0.29, 0.717) is 6.42 Å². The van der Waals surface area contributed by atoms with Crippen LogP contribution in [0.25, 0.3) is 0 Å². The van der Waals surface area contributed by atoms with Crippen LogP contribution in [0.1, 0.15) is 37.3 Å². The number of anilines is 1. The minimum atomic E-state index is 0.0863. The average Bonchev–Trinajstić information content (AvgIpc) is 2.69. The molecular formula is C21H31N3O2. The molecule has 2 saturated heterocycles. The van der Waals surface area contributed by atoms with Crippen LogP contribution in [0.3, 0.4) is 0 Å². The van der Waals surface area contributed by atoms with E-state index in [1.807, 2.05) is 16.7 Å². The summed E-state index contributed by atoms with van der Waals surface area (Å²) >= 11 is 0. The maximum absolute atomic E-state index is 12.9. The first-order valence-corrected chi connectivity index (χ1v) is 9.89. The Hall–Kier alpha value is -2.04. The van der Waals surface area contributed by atoms with Crippen molar-refractivity contribution in [3.63, 3.8) is 0 Å². The largest absolute Gasteiger partial charge is 0.368 e. The lowest BCUT2D eigenvalue weighted by Gasteiger charge is -2.40. The van der Waals surface area contributed by atoms with Gasteiger partial charge in [0.1, 0.15) is 0 Å². The van der Waals surface area contributed by atoms with Crippen LogP contribution in [0.2, 0.25) is 0 Å². The zero-order valence-electron chi connectivity index (χ0n) is 16.3. The number of nitrogens with zero attached hydrogens (tertiary/aromatic N) is 3. The number of piperazine rings is 1. The number of benzene rings is 1. The number of carbonyl (C=O) groups is 2. The van der Waals surface area contributed by atoms with Crippen molar-refractivity contribution < 1.29 is 9.59 Å². The molecule has 0 aliphatic carbocycles. The van der Waals surface area contributed by atoms with Crippen LogP contribution in [0.15, 0.2) is 18.2 Å². The number of rotatable bonds is 3. The lowest BCUT2D eigenvalue weighted by atomic mass is 9.94. The minimum Gasteiger partial charge on any atom is -0.368 e. The monoisotopic (exact) mass is 357 g/mol. The topological polar surface area (TPSA) is 43.9 Å². The summed E-state index contributed by atoms with van der Waals surface area (Å²) in [6, 6.07) is 6.44. The molecule has 0 bridgehead atoms. The SMILES string of the molecule is CCC(=O)N1CCC(C(=O)N2CCN(c3cccc(C)c3C)CC2)CC1. The summed E-state index contributed by atoms with van der Waals surface area (Å²) in [6.45, 7) is 11.0. The van der Waals surface area contributed by atoms with E-state index >= 15 is 0 Å². The van der Waals surface area contributed by atoms with Crippen molar-refractivity contribution in [2.45, 2.75) is 40.0 Å². The molecule has 0 unspecified atom stereocenters. The van der Waals surface area contributed by atoms with Gasteiger partial charge in [-0.05, 0) is 43.9 Å². The van der Waals surface area contributed by atoms with Crippen LogP contribution in [-0.4, -0.2) is 60.9 Å². The summed E-state index contributed by atoms with van der Waals surface area (Å²) in [4.78, 5) is 31.0. The van der Waals surface area contributed by atoms with E-state index in [0.717, 1.165) is 52.1 Å². The fourth-order valence-corrected chi connectivity index (χ4v) is 4.10. The second kappa shape index (κ2) is 8.11. The third-order valence-corrected chi connectivity index (χ3v) is 6.01. The third-order valence-electron chi connectivity index (χ3n) is 6.01. The number of amides is 2. The summed E-state index contributed by atoms with van der Waals surface area (Å²) in [5, 5.41) is 0. The summed E-state index contributed by atoms with van der Waals surface area (Å²) < 4.78 is 0. The zero-order valence-corrected chi connectivity index (χ0v) is 16.3.